The summed E-state index contributed by atoms with van der Waals surface area (Å²) in [7, 11) is -3.49. The summed E-state index contributed by atoms with van der Waals surface area (Å²) in [5.74, 6) is -0.634. The van der Waals surface area contributed by atoms with Gasteiger partial charge in [-0.3, -0.25) is 0 Å². The summed E-state index contributed by atoms with van der Waals surface area (Å²) in [6, 6.07) is 17.9. The van der Waals surface area contributed by atoms with Gasteiger partial charge in [-0.1, -0.05) is 60.7 Å². The first kappa shape index (κ1) is 19.4. The molecule has 0 aromatic heterocycles. The molecular weight excluding hydrogens is 336 g/mol. The molecular formula is C20H24O4S. The zero-order valence-electron chi connectivity index (χ0n) is 14.3. The fourth-order valence-electron chi connectivity index (χ4n) is 2.60. The van der Waals surface area contributed by atoms with Gasteiger partial charge in [-0.2, -0.15) is 0 Å². The average Bonchev–Trinajstić information content (AvgIpc) is 2.62. The molecule has 0 unspecified atom stereocenters. The summed E-state index contributed by atoms with van der Waals surface area (Å²) in [6.07, 6.45) is -0.629. The lowest BCUT2D eigenvalue weighted by Gasteiger charge is -2.26. The van der Waals surface area contributed by atoms with Crippen LogP contribution < -0.4 is 0 Å². The molecule has 0 aliphatic heterocycles. The zero-order chi connectivity index (χ0) is 18.3. The number of hydrogen-bond donors (Lipinski definition) is 1. The second-order valence-corrected chi connectivity index (χ2v) is 8.10. The van der Waals surface area contributed by atoms with Crippen molar-refractivity contribution < 1.29 is 18.3 Å². The van der Waals surface area contributed by atoms with Crippen LogP contribution in [-0.4, -0.2) is 32.0 Å². The molecule has 0 heterocycles. The van der Waals surface area contributed by atoms with Gasteiger partial charge in [-0.15, -0.1) is 0 Å². The Hall–Kier alpha value is -1.95. The van der Waals surface area contributed by atoms with Gasteiger partial charge in [0.25, 0.3) is 0 Å². The molecule has 2 aromatic rings. The predicted molar refractivity (Wildman–Crippen MR) is 98.9 cm³/mol. The van der Waals surface area contributed by atoms with Gasteiger partial charge < -0.3 is 9.84 Å². The van der Waals surface area contributed by atoms with Crippen molar-refractivity contribution >= 4 is 9.84 Å². The smallest absolute Gasteiger partial charge is 0.179 e. The molecule has 0 spiro atoms. The maximum Gasteiger partial charge on any atom is 0.179 e. The Bertz CT molecular complexity index is 770. The average molecular weight is 360 g/mol. The lowest BCUT2D eigenvalue weighted by atomic mass is 9.98. The molecule has 4 nitrogen and oxygen atoms in total. The van der Waals surface area contributed by atoms with Crippen LogP contribution >= 0.6 is 0 Å². The van der Waals surface area contributed by atoms with Crippen molar-refractivity contribution in [3.05, 3.63) is 78.4 Å². The van der Waals surface area contributed by atoms with Crippen molar-refractivity contribution in [3.8, 4) is 0 Å². The van der Waals surface area contributed by atoms with Gasteiger partial charge in [0.15, 0.2) is 9.84 Å². The molecule has 2 rings (SSSR count). The molecule has 1 N–H and O–H groups in total. The summed E-state index contributed by atoms with van der Waals surface area (Å²) in [6.45, 7) is 5.70. The van der Waals surface area contributed by atoms with Crippen LogP contribution in [0, 0.1) is 5.92 Å². The van der Waals surface area contributed by atoms with Gasteiger partial charge in [-0.25, -0.2) is 8.42 Å². The number of benzene rings is 2. The highest BCUT2D eigenvalue weighted by Crippen LogP contribution is 2.23. The molecule has 0 aliphatic carbocycles. The molecule has 2 aromatic carbocycles. The fraction of sp³-hybridized carbons (Fsp3) is 0.300. The largest absolute Gasteiger partial charge is 0.394 e. The van der Waals surface area contributed by atoms with Crippen molar-refractivity contribution in [3.63, 3.8) is 0 Å². The Morgan fingerprint density at radius 3 is 2.16 bits per heavy atom. The van der Waals surface area contributed by atoms with Crippen molar-refractivity contribution in [1.82, 2.24) is 0 Å². The van der Waals surface area contributed by atoms with E-state index in [1.165, 1.54) is 0 Å². The highest BCUT2D eigenvalue weighted by molar-refractivity contribution is 7.91. The van der Waals surface area contributed by atoms with E-state index in [0.29, 0.717) is 12.2 Å². The normalized spacial score (nSPS) is 14.0. The number of sulfone groups is 1. The minimum Gasteiger partial charge on any atom is -0.394 e. The highest BCUT2D eigenvalue weighted by atomic mass is 32.2. The molecule has 2 atom stereocenters. The van der Waals surface area contributed by atoms with Crippen LogP contribution in [0.5, 0.6) is 0 Å². The number of hydrogen-bond acceptors (Lipinski definition) is 4. The molecule has 0 fully saturated rings. The molecule has 0 saturated carbocycles. The Morgan fingerprint density at radius 1 is 1.08 bits per heavy atom. The van der Waals surface area contributed by atoms with E-state index in [0.717, 1.165) is 5.56 Å². The van der Waals surface area contributed by atoms with Crippen molar-refractivity contribution in [2.45, 2.75) is 24.5 Å². The van der Waals surface area contributed by atoms with E-state index in [1.54, 1.807) is 37.3 Å². The molecule has 0 radical (unpaired) electrons. The molecule has 0 amide bonds. The Balaban J connectivity index is 2.13. The lowest BCUT2D eigenvalue weighted by Crippen LogP contribution is -2.33. The Morgan fingerprint density at radius 2 is 1.64 bits per heavy atom. The first-order chi connectivity index (χ1) is 11.9. The third kappa shape index (κ3) is 5.53. The minimum absolute atomic E-state index is 0.146. The van der Waals surface area contributed by atoms with E-state index >= 15 is 0 Å². The molecule has 0 aliphatic rings. The quantitative estimate of drug-likeness (QED) is 0.698. The zero-order valence-corrected chi connectivity index (χ0v) is 15.2. The maximum absolute atomic E-state index is 12.7. The van der Waals surface area contributed by atoms with Crippen LogP contribution in [0.15, 0.2) is 77.7 Å². The van der Waals surface area contributed by atoms with Crippen molar-refractivity contribution in [1.29, 1.82) is 0 Å². The monoisotopic (exact) mass is 360 g/mol. The molecule has 134 valence electrons. The molecule has 0 bridgehead atoms. The van der Waals surface area contributed by atoms with Gasteiger partial charge in [0.1, 0.15) is 0 Å². The van der Waals surface area contributed by atoms with Crippen molar-refractivity contribution in [2.24, 2.45) is 5.92 Å². The Kier molecular flexibility index (Phi) is 6.93. The van der Waals surface area contributed by atoms with Crippen LogP contribution in [0.4, 0.5) is 0 Å². The number of rotatable bonds is 9. The summed E-state index contributed by atoms with van der Waals surface area (Å²) < 4.78 is 31.1. The number of aliphatic hydroxyl groups excluding tert-OH is 1. The predicted octanol–water partition coefficient (Wildman–Crippen LogP) is 3.23. The number of ether oxygens (including phenoxy) is 1. The van der Waals surface area contributed by atoms with Gasteiger partial charge in [0.2, 0.25) is 0 Å². The van der Waals surface area contributed by atoms with Crippen LogP contribution in [0.25, 0.3) is 0 Å². The van der Waals surface area contributed by atoms with E-state index in [1.807, 2.05) is 30.3 Å². The summed E-state index contributed by atoms with van der Waals surface area (Å²) in [4.78, 5) is 0.265. The summed E-state index contributed by atoms with van der Waals surface area (Å²) >= 11 is 0. The molecule has 5 heteroatoms. The van der Waals surface area contributed by atoms with Crippen LogP contribution in [0.1, 0.15) is 12.5 Å². The number of aliphatic hydroxyl groups is 1. The van der Waals surface area contributed by atoms with E-state index in [9.17, 15) is 13.5 Å². The second kappa shape index (κ2) is 8.94. The first-order valence-corrected chi connectivity index (χ1v) is 9.79. The topological polar surface area (TPSA) is 63.6 Å². The third-order valence-corrected chi connectivity index (χ3v) is 5.86. The highest BCUT2D eigenvalue weighted by Gasteiger charge is 2.29. The van der Waals surface area contributed by atoms with Gasteiger partial charge in [-0.05, 0) is 24.6 Å². The van der Waals surface area contributed by atoms with E-state index in [4.69, 9.17) is 4.74 Å². The standard InChI is InChI=1S/C20H24O4S/c1-16(2)19(15-25(22,23)18-11-7-4-8-12-18)20(13-21)24-14-17-9-5-3-6-10-17/h3-12,19-21H,1,13-15H2,2H3/t19-,20+/m1/s1. The van der Waals surface area contributed by atoms with Crippen LogP contribution in [0.3, 0.4) is 0 Å². The lowest BCUT2D eigenvalue weighted by molar-refractivity contribution is -0.0192. The maximum atomic E-state index is 12.7. The van der Waals surface area contributed by atoms with E-state index in [2.05, 4.69) is 6.58 Å². The Labute approximate surface area is 149 Å². The summed E-state index contributed by atoms with van der Waals surface area (Å²) in [5, 5.41) is 9.73. The van der Waals surface area contributed by atoms with E-state index < -0.39 is 21.9 Å². The summed E-state index contributed by atoms with van der Waals surface area (Å²) in [5.41, 5.74) is 1.64. The third-order valence-electron chi connectivity index (χ3n) is 4.07. The van der Waals surface area contributed by atoms with Crippen LogP contribution in [0.2, 0.25) is 0 Å². The van der Waals surface area contributed by atoms with Crippen LogP contribution in [-0.2, 0) is 21.2 Å². The molecule has 25 heavy (non-hydrogen) atoms. The van der Waals surface area contributed by atoms with Gasteiger partial charge in [0.05, 0.1) is 30.0 Å². The first-order valence-electron chi connectivity index (χ1n) is 8.13. The minimum atomic E-state index is -3.49. The van der Waals surface area contributed by atoms with Gasteiger partial charge in [0, 0.05) is 5.92 Å². The second-order valence-electron chi connectivity index (χ2n) is 6.06. The molecule has 0 saturated heterocycles. The van der Waals surface area contributed by atoms with E-state index in [-0.39, 0.29) is 17.3 Å². The van der Waals surface area contributed by atoms with Gasteiger partial charge >= 0.3 is 0 Å². The SMILES string of the molecule is C=C(C)[C@@H](CS(=O)(=O)c1ccccc1)[C@H](CO)OCc1ccccc1. The van der Waals surface area contributed by atoms with Crippen molar-refractivity contribution in [2.75, 3.05) is 12.4 Å². The fourth-order valence-corrected chi connectivity index (χ4v) is 4.34.